The molecule has 1 aliphatic heterocycles. The van der Waals surface area contributed by atoms with E-state index < -0.39 is 11.6 Å². The van der Waals surface area contributed by atoms with Gasteiger partial charge in [0.2, 0.25) is 5.95 Å². The summed E-state index contributed by atoms with van der Waals surface area (Å²) in [6, 6.07) is 6.82. The maximum atomic E-state index is 15.0. The fourth-order valence-electron chi connectivity index (χ4n) is 5.57. The summed E-state index contributed by atoms with van der Waals surface area (Å²) < 4.78 is 31.8. The van der Waals surface area contributed by atoms with E-state index in [1.165, 1.54) is 6.07 Å². The normalized spacial score (nSPS) is 15.5. The van der Waals surface area contributed by atoms with Crippen LogP contribution in [0.4, 0.5) is 20.5 Å². The van der Waals surface area contributed by atoms with Crippen molar-refractivity contribution in [2.45, 2.75) is 52.5 Å². The Labute approximate surface area is 227 Å². The molecule has 4 heterocycles. The molecule has 1 aliphatic rings. The Balaban J connectivity index is 1.38. The summed E-state index contributed by atoms with van der Waals surface area (Å²) in [6.45, 7) is 11.2. The number of imidazole rings is 1. The van der Waals surface area contributed by atoms with Crippen molar-refractivity contribution in [2.24, 2.45) is 5.92 Å². The number of likely N-dealkylation sites (tertiary alicyclic amines) is 1. The molecule has 1 aromatic carbocycles. The van der Waals surface area contributed by atoms with Gasteiger partial charge in [0, 0.05) is 23.7 Å². The number of aromatic nitrogens is 5. The minimum absolute atomic E-state index is 0.00644. The minimum Gasteiger partial charge on any atom is -0.326 e. The van der Waals surface area contributed by atoms with Crippen molar-refractivity contribution in [3.05, 3.63) is 59.7 Å². The Morgan fingerprint density at radius 1 is 1.08 bits per heavy atom. The summed E-state index contributed by atoms with van der Waals surface area (Å²) in [5, 5.41) is 3.03. The average molecular weight is 530 g/mol. The number of terminal acetylenes is 1. The second kappa shape index (κ2) is 11.1. The number of rotatable bonds is 7. The topological polar surface area (TPSA) is 71.8 Å². The van der Waals surface area contributed by atoms with Crippen LogP contribution in [-0.4, -0.2) is 49.0 Å². The molecule has 0 spiro atoms. The molecule has 1 saturated heterocycles. The van der Waals surface area contributed by atoms with E-state index in [0.717, 1.165) is 44.2 Å². The summed E-state index contributed by atoms with van der Waals surface area (Å²) in [5.74, 6) is 3.57. The standard InChI is InChI=1S/C30H33F2N7/c1-6-23(20-10-12-38(7-2)13-11-20)21-8-9-27(33-16-21)36-30-34-17-25(32)28(37-30)22-14-24(31)29-26(15-22)39(18(3)4)19(5)35-29/h1,8-9,14-18,20,23H,7,10-13H2,2-5H3,(H,33,34,36,37). The van der Waals surface area contributed by atoms with Crippen molar-refractivity contribution in [1.29, 1.82) is 0 Å². The number of benzene rings is 1. The summed E-state index contributed by atoms with van der Waals surface area (Å²) in [5.41, 5.74) is 2.14. The number of pyridine rings is 1. The van der Waals surface area contributed by atoms with E-state index in [1.54, 1.807) is 12.3 Å². The third kappa shape index (κ3) is 5.34. The van der Waals surface area contributed by atoms with Gasteiger partial charge in [-0.15, -0.1) is 6.42 Å². The first-order valence-electron chi connectivity index (χ1n) is 13.4. The van der Waals surface area contributed by atoms with Crippen molar-refractivity contribution >= 4 is 22.8 Å². The molecule has 1 atom stereocenters. The fourth-order valence-corrected chi connectivity index (χ4v) is 5.57. The minimum atomic E-state index is -0.652. The van der Waals surface area contributed by atoms with E-state index in [4.69, 9.17) is 6.42 Å². The van der Waals surface area contributed by atoms with E-state index in [1.807, 2.05) is 37.5 Å². The predicted molar refractivity (Wildman–Crippen MR) is 150 cm³/mol. The Morgan fingerprint density at radius 3 is 2.49 bits per heavy atom. The molecule has 0 bridgehead atoms. The molecule has 0 radical (unpaired) electrons. The van der Waals surface area contributed by atoms with Gasteiger partial charge in [-0.2, -0.15) is 0 Å². The third-order valence-corrected chi connectivity index (χ3v) is 7.57. The van der Waals surface area contributed by atoms with Gasteiger partial charge in [-0.3, -0.25) is 0 Å². The molecule has 0 amide bonds. The van der Waals surface area contributed by atoms with Crippen LogP contribution in [-0.2, 0) is 0 Å². The second-order valence-electron chi connectivity index (χ2n) is 10.4. The first-order valence-corrected chi connectivity index (χ1v) is 13.4. The van der Waals surface area contributed by atoms with Gasteiger partial charge in [-0.1, -0.05) is 18.9 Å². The number of nitrogens with one attached hydrogen (secondary N) is 1. The van der Waals surface area contributed by atoms with Crippen LogP contribution in [0.15, 0.2) is 36.7 Å². The molecule has 0 aliphatic carbocycles. The quantitative estimate of drug-likeness (QED) is 0.286. The van der Waals surface area contributed by atoms with Crippen LogP contribution in [0.1, 0.15) is 57.0 Å². The Hall–Kier alpha value is -3.90. The lowest BCUT2D eigenvalue weighted by molar-refractivity contribution is 0.185. The maximum Gasteiger partial charge on any atom is 0.229 e. The molecule has 0 saturated carbocycles. The molecular weight excluding hydrogens is 496 g/mol. The van der Waals surface area contributed by atoms with Gasteiger partial charge in [0.15, 0.2) is 11.6 Å². The van der Waals surface area contributed by atoms with Crippen LogP contribution >= 0.6 is 0 Å². The second-order valence-corrected chi connectivity index (χ2v) is 10.4. The monoisotopic (exact) mass is 529 g/mol. The summed E-state index contributed by atoms with van der Waals surface area (Å²) in [4.78, 5) is 19.7. The smallest absolute Gasteiger partial charge is 0.229 e. The van der Waals surface area contributed by atoms with Gasteiger partial charge in [0.1, 0.15) is 22.9 Å². The number of anilines is 2. The Morgan fingerprint density at radius 2 is 1.85 bits per heavy atom. The zero-order chi connectivity index (χ0) is 27.7. The number of hydrogen-bond donors (Lipinski definition) is 1. The number of piperidine rings is 1. The molecular formula is C30H33F2N7. The lowest BCUT2D eigenvalue weighted by atomic mass is 9.81. The highest BCUT2D eigenvalue weighted by Gasteiger charge is 2.26. The van der Waals surface area contributed by atoms with Crippen molar-refractivity contribution in [3.8, 4) is 23.6 Å². The van der Waals surface area contributed by atoms with E-state index in [9.17, 15) is 8.78 Å². The van der Waals surface area contributed by atoms with Crippen LogP contribution < -0.4 is 5.32 Å². The predicted octanol–water partition coefficient (Wildman–Crippen LogP) is 6.25. The van der Waals surface area contributed by atoms with Crippen LogP contribution in [0.25, 0.3) is 22.3 Å². The number of fused-ring (bicyclic) bond motifs is 1. The number of hydrogen-bond acceptors (Lipinski definition) is 6. The lowest BCUT2D eigenvalue weighted by Crippen LogP contribution is -2.35. The Kier molecular flexibility index (Phi) is 7.58. The van der Waals surface area contributed by atoms with Crippen LogP contribution in [0.2, 0.25) is 0 Å². The summed E-state index contributed by atoms with van der Waals surface area (Å²) >= 11 is 0. The van der Waals surface area contributed by atoms with E-state index in [0.29, 0.717) is 28.6 Å². The molecule has 1 unspecified atom stereocenters. The maximum absolute atomic E-state index is 15.0. The van der Waals surface area contributed by atoms with Crippen LogP contribution in [0.5, 0.6) is 0 Å². The van der Waals surface area contributed by atoms with Gasteiger partial charge in [0.25, 0.3) is 0 Å². The van der Waals surface area contributed by atoms with Gasteiger partial charge in [0.05, 0.1) is 11.7 Å². The number of aryl methyl sites for hydroxylation is 1. The molecule has 1 fully saturated rings. The van der Waals surface area contributed by atoms with Gasteiger partial charge in [-0.05, 0) is 82.9 Å². The molecule has 3 aromatic heterocycles. The van der Waals surface area contributed by atoms with Gasteiger partial charge >= 0.3 is 0 Å². The summed E-state index contributed by atoms with van der Waals surface area (Å²) in [7, 11) is 0. The molecule has 9 heteroatoms. The van der Waals surface area contributed by atoms with Gasteiger partial charge < -0.3 is 14.8 Å². The zero-order valence-corrected chi connectivity index (χ0v) is 22.7. The average Bonchev–Trinajstić information content (AvgIpc) is 3.28. The van der Waals surface area contributed by atoms with Crippen molar-refractivity contribution in [3.63, 3.8) is 0 Å². The third-order valence-electron chi connectivity index (χ3n) is 7.57. The van der Waals surface area contributed by atoms with E-state index in [-0.39, 0.29) is 29.1 Å². The molecule has 7 nitrogen and oxygen atoms in total. The number of halogens is 2. The highest BCUT2D eigenvalue weighted by atomic mass is 19.1. The first-order chi connectivity index (χ1) is 18.8. The van der Waals surface area contributed by atoms with Crippen LogP contribution in [0.3, 0.4) is 0 Å². The van der Waals surface area contributed by atoms with E-state index >= 15 is 0 Å². The summed E-state index contributed by atoms with van der Waals surface area (Å²) in [6.07, 6.45) is 10.9. The van der Waals surface area contributed by atoms with Crippen molar-refractivity contribution in [2.75, 3.05) is 25.0 Å². The number of nitrogens with zero attached hydrogens (tertiary/aromatic N) is 6. The molecule has 39 heavy (non-hydrogen) atoms. The largest absolute Gasteiger partial charge is 0.326 e. The van der Waals surface area contributed by atoms with Crippen molar-refractivity contribution in [1.82, 2.24) is 29.4 Å². The van der Waals surface area contributed by atoms with Crippen LogP contribution in [0, 0.1) is 36.8 Å². The van der Waals surface area contributed by atoms with E-state index in [2.05, 4.69) is 43.0 Å². The molecule has 202 valence electrons. The lowest BCUT2D eigenvalue weighted by Gasteiger charge is -2.33. The Bertz CT molecular complexity index is 1510. The first kappa shape index (κ1) is 26.7. The van der Waals surface area contributed by atoms with Gasteiger partial charge in [-0.25, -0.2) is 28.7 Å². The molecule has 4 aromatic rings. The fraction of sp³-hybridized carbons (Fsp3) is 0.400. The SMILES string of the molecule is C#CC(c1ccc(Nc2ncc(F)c(-c3cc(F)c4nc(C)n(C(C)C)c4c3)n2)nc1)C1CCN(CC)CC1. The molecule has 5 rings (SSSR count). The molecule has 1 N–H and O–H groups in total. The highest BCUT2D eigenvalue weighted by molar-refractivity contribution is 5.83. The highest BCUT2D eigenvalue weighted by Crippen LogP contribution is 2.33. The van der Waals surface area contributed by atoms with Crippen molar-refractivity contribution < 1.29 is 8.78 Å². The zero-order valence-electron chi connectivity index (χ0n) is 22.7.